The summed E-state index contributed by atoms with van der Waals surface area (Å²) in [5.41, 5.74) is 1.64. The second-order valence-electron chi connectivity index (χ2n) is 9.54. The van der Waals surface area contributed by atoms with Crippen LogP contribution in [0, 0.1) is 11.6 Å². The molecule has 1 unspecified atom stereocenters. The van der Waals surface area contributed by atoms with Gasteiger partial charge in [0.05, 0.1) is 16.7 Å². The Morgan fingerprint density at radius 1 is 0.950 bits per heavy atom. The van der Waals surface area contributed by atoms with Gasteiger partial charge in [-0.05, 0) is 60.0 Å². The van der Waals surface area contributed by atoms with Crippen LogP contribution in [-0.2, 0) is 14.6 Å². The van der Waals surface area contributed by atoms with Crippen LogP contribution in [0.25, 0.3) is 11.1 Å². The molecule has 40 heavy (non-hydrogen) atoms. The van der Waals surface area contributed by atoms with E-state index < -0.39 is 46.3 Å². The van der Waals surface area contributed by atoms with Crippen LogP contribution >= 0.6 is 0 Å². The number of hydrogen-bond donors (Lipinski definition) is 0. The first kappa shape index (κ1) is 29.5. The van der Waals surface area contributed by atoms with Crippen molar-refractivity contribution < 1.29 is 39.9 Å². The van der Waals surface area contributed by atoms with Crippen molar-refractivity contribution in [1.29, 1.82) is 0 Å². The molecule has 0 saturated carbocycles. The minimum Gasteiger partial charge on any atom is -0.366 e. The lowest BCUT2D eigenvalue weighted by atomic mass is 9.98. The van der Waals surface area contributed by atoms with Crippen molar-refractivity contribution in [1.82, 2.24) is 4.90 Å². The van der Waals surface area contributed by atoms with Gasteiger partial charge in [0, 0.05) is 38.0 Å². The fourth-order valence-corrected chi connectivity index (χ4v) is 5.13. The van der Waals surface area contributed by atoms with Gasteiger partial charge < -0.3 is 14.5 Å². The first-order valence-electron chi connectivity index (χ1n) is 12.3. The molecule has 1 fully saturated rings. The number of anilines is 1. The highest BCUT2D eigenvalue weighted by Crippen LogP contribution is 2.30. The summed E-state index contributed by atoms with van der Waals surface area (Å²) in [7, 11) is -3.61. The van der Waals surface area contributed by atoms with Crippen LogP contribution in [0.4, 0.5) is 27.6 Å². The van der Waals surface area contributed by atoms with Crippen molar-refractivity contribution in [3.8, 4) is 11.1 Å². The normalized spacial score (nSPS) is 15.3. The Morgan fingerprint density at radius 3 is 2.17 bits per heavy atom. The van der Waals surface area contributed by atoms with E-state index in [1.54, 1.807) is 4.90 Å². The third-order valence-corrected chi connectivity index (χ3v) is 7.76. The van der Waals surface area contributed by atoms with Gasteiger partial charge in [-0.3, -0.25) is 4.79 Å². The van der Waals surface area contributed by atoms with Crippen molar-refractivity contribution in [3.05, 3.63) is 83.4 Å². The summed E-state index contributed by atoms with van der Waals surface area (Å²) >= 11 is 0. The average Bonchev–Trinajstić information content (AvgIpc) is 2.90. The number of piperazine rings is 1. The molecule has 0 aromatic heterocycles. The molecule has 12 heteroatoms. The first-order chi connectivity index (χ1) is 18.7. The number of ether oxygens (including phenoxy) is 1. The number of carbonyl (C=O) groups excluding carboxylic acids is 1. The van der Waals surface area contributed by atoms with Crippen LogP contribution in [0.3, 0.4) is 0 Å². The maximum Gasteiger partial charge on any atom is 0.411 e. The second kappa shape index (κ2) is 11.5. The Hall–Kier alpha value is -3.51. The standard InChI is InChI=1S/C28H27F5N2O4S/c1-18(39-17-28(31,32)33)20-5-10-26(25(30)15-20)34-11-13-35(14-12-34)27(36)24-16-22(40(2,37)38)8-9-23(24)19-3-6-21(29)7-4-19/h3-10,15-16,18H,11-14,17H2,1-2H3. The number of amides is 1. The van der Waals surface area contributed by atoms with Crippen LogP contribution in [0.2, 0.25) is 0 Å². The lowest BCUT2D eigenvalue weighted by molar-refractivity contribution is -0.184. The summed E-state index contributed by atoms with van der Waals surface area (Å²) in [6.07, 6.45) is -4.41. The molecule has 0 radical (unpaired) electrons. The van der Waals surface area contributed by atoms with Crippen LogP contribution in [0.15, 0.2) is 65.6 Å². The van der Waals surface area contributed by atoms with E-state index in [2.05, 4.69) is 0 Å². The molecule has 0 N–H and O–H groups in total. The smallest absolute Gasteiger partial charge is 0.366 e. The van der Waals surface area contributed by atoms with Gasteiger partial charge in [0.2, 0.25) is 0 Å². The Morgan fingerprint density at radius 2 is 1.60 bits per heavy atom. The molecule has 3 aromatic rings. The lowest BCUT2D eigenvalue weighted by Gasteiger charge is -2.36. The van der Waals surface area contributed by atoms with Gasteiger partial charge >= 0.3 is 6.18 Å². The van der Waals surface area contributed by atoms with Crippen LogP contribution in [-0.4, -0.2) is 64.4 Å². The maximum absolute atomic E-state index is 14.9. The summed E-state index contributed by atoms with van der Waals surface area (Å²) in [4.78, 5) is 16.8. The summed E-state index contributed by atoms with van der Waals surface area (Å²) in [5.74, 6) is -1.50. The van der Waals surface area contributed by atoms with E-state index in [1.807, 2.05) is 0 Å². The third kappa shape index (κ3) is 6.97. The molecule has 1 atom stereocenters. The molecule has 0 aliphatic carbocycles. The summed E-state index contributed by atoms with van der Waals surface area (Å²) in [6, 6.07) is 13.8. The molecular weight excluding hydrogens is 555 g/mol. The maximum atomic E-state index is 14.9. The number of nitrogens with zero attached hydrogens (tertiary/aromatic N) is 2. The molecule has 1 amide bonds. The van der Waals surface area contributed by atoms with Crippen molar-refractivity contribution in [2.24, 2.45) is 0 Å². The molecule has 3 aromatic carbocycles. The topological polar surface area (TPSA) is 66.9 Å². The Balaban J connectivity index is 1.50. The summed E-state index contributed by atoms with van der Waals surface area (Å²) < 4.78 is 94.9. The number of benzene rings is 3. The Kier molecular flexibility index (Phi) is 8.50. The van der Waals surface area contributed by atoms with Crippen molar-refractivity contribution in [3.63, 3.8) is 0 Å². The van der Waals surface area contributed by atoms with Gasteiger partial charge in [-0.15, -0.1) is 0 Å². The third-order valence-electron chi connectivity index (χ3n) is 6.65. The summed E-state index contributed by atoms with van der Waals surface area (Å²) in [5, 5.41) is 0. The number of rotatable bonds is 7. The van der Waals surface area contributed by atoms with Crippen molar-refractivity contribution >= 4 is 21.4 Å². The number of alkyl halides is 3. The molecule has 1 heterocycles. The molecule has 1 aliphatic rings. The molecular formula is C28H27F5N2O4S. The molecule has 4 rings (SSSR count). The van der Waals surface area contributed by atoms with Crippen molar-refractivity contribution in [2.75, 3.05) is 43.9 Å². The fourth-order valence-electron chi connectivity index (χ4n) is 4.48. The van der Waals surface area contributed by atoms with E-state index in [9.17, 15) is 35.2 Å². The summed E-state index contributed by atoms with van der Waals surface area (Å²) in [6.45, 7) is 0.904. The van der Waals surface area contributed by atoms with Crippen molar-refractivity contribution in [2.45, 2.75) is 24.1 Å². The largest absolute Gasteiger partial charge is 0.411 e. The van der Waals surface area contributed by atoms with Gasteiger partial charge in [0.1, 0.15) is 18.2 Å². The van der Waals surface area contributed by atoms with Crippen LogP contribution < -0.4 is 4.90 Å². The second-order valence-corrected chi connectivity index (χ2v) is 11.6. The van der Waals surface area contributed by atoms with E-state index in [1.165, 1.54) is 66.4 Å². The minimum absolute atomic E-state index is 0.0315. The van der Waals surface area contributed by atoms with Gasteiger partial charge in [-0.2, -0.15) is 13.2 Å². The molecule has 0 bridgehead atoms. The van der Waals surface area contributed by atoms with Crippen LogP contribution in [0.5, 0.6) is 0 Å². The van der Waals surface area contributed by atoms with Gasteiger partial charge in [-0.25, -0.2) is 17.2 Å². The fraction of sp³-hybridized carbons (Fsp3) is 0.321. The number of halogens is 5. The van der Waals surface area contributed by atoms with Gasteiger partial charge in [-0.1, -0.05) is 24.3 Å². The van der Waals surface area contributed by atoms with E-state index in [0.29, 0.717) is 11.1 Å². The predicted molar refractivity (Wildman–Crippen MR) is 140 cm³/mol. The number of carbonyl (C=O) groups is 1. The first-order valence-corrected chi connectivity index (χ1v) is 14.2. The minimum atomic E-state index is -4.49. The molecule has 1 saturated heterocycles. The van der Waals surface area contributed by atoms with Gasteiger partial charge in [0.15, 0.2) is 9.84 Å². The van der Waals surface area contributed by atoms with E-state index in [0.717, 1.165) is 12.3 Å². The zero-order valence-electron chi connectivity index (χ0n) is 21.7. The number of hydrogen-bond acceptors (Lipinski definition) is 5. The molecule has 0 spiro atoms. The van der Waals surface area contributed by atoms with Crippen LogP contribution in [0.1, 0.15) is 28.9 Å². The van der Waals surface area contributed by atoms with E-state index in [4.69, 9.17) is 4.74 Å². The highest BCUT2D eigenvalue weighted by Gasteiger charge is 2.30. The zero-order valence-corrected chi connectivity index (χ0v) is 22.5. The monoisotopic (exact) mass is 582 g/mol. The highest BCUT2D eigenvalue weighted by atomic mass is 32.2. The quantitative estimate of drug-likeness (QED) is 0.338. The molecule has 1 aliphatic heterocycles. The average molecular weight is 583 g/mol. The molecule has 6 nitrogen and oxygen atoms in total. The van der Waals surface area contributed by atoms with E-state index in [-0.39, 0.29) is 47.9 Å². The Labute approximate surface area is 228 Å². The van der Waals surface area contributed by atoms with Gasteiger partial charge in [0.25, 0.3) is 5.91 Å². The zero-order chi connectivity index (χ0) is 29.2. The SMILES string of the molecule is CC(OCC(F)(F)F)c1ccc(N2CCN(C(=O)c3cc(S(C)(=O)=O)ccc3-c3ccc(F)cc3)CC2)c(F)c1. The number of sulfone groups is 1. The Bertz CT molecular complexity index is 1490. The predicted octanol–water partition coefficient (Wildman–Crippen LogP) is 5.64. The lowest BCUT2D eigenvalue weighted by Crippen LogP contribution is -2.49. The van der Waals surface area contributed by atoms with E-state index >= 15 is 0 Å². The highest BCUT2D eigenvalue weighted by molar-refractivity contribution is 7.90. The molecule has 214 valence electrons.